The molecule has 0 unspecified atom stereocenters. The summed E-state index contributed by atoms with van der Waals surface area (Å²) < 4.78 is 0. The highest BCUT2D eigenvalue weighted by Crippen LogP contribution is 2.31. The Morgan fingerprint density at radius 3 is 2.00 bits per heavy atom. The van der Waals surface area contributed by atoms with E-state index in [9.17, 15) is 5.26 Å². The monoisotopic (exact) mass is 312 g/mol. The number of quaternary nitrogens is 1. The molecule has 3 heteroatoms. The number of halogens is 1. The molecule has 22 heavy (non-hydrogen) atoms. The lowest BCUT2D eigenvalue weighted by atomic mass is 9.74. The molecule has 3 rings (SSSR count). The van der Waals surface area contributed by atoms with Crippen molar-refractivity contribution in [2.75, 3.05) is 13.1 Å². The van der Waals surface area contributed by atoms with Crippen molar-refractivity contribution >= 4 is 0 Å². The van der Waals surface area contributed by atoms with Gasteiger partial charge in [0.05, 0.1) is 24.6 Å². The summed E-state index contributed by atoms with van der Waals surface area (Å²) in [6, 6.07) is 23.5. The Morgan fingerprint density at radius 1 is 0.909 bits per heavy atom. The van der Waals surface area contributed by atoms with Crippen LogP contribution in [0.1, 0.15) is 24.0 Å². The molecule has 2 aromatic rings. The van der Waals surface area contributed by atoms with E-state index >= 15 is 0 Å². The lowest BCUT2D eigenvalue weighted by Gasteiger charge is -2.35. The molecule has 0 aromatic heterocycles. The summed E-state index contributed by atoms with van der Waals surface area (Å²) in [6.45, 7) is 3.20. The van der Waals surface area contributed by atoms with Crippen LogP contribution in [-0.2, 0) is 12.0 Å². The largest absolute Gasteiger partial charge is 1.00 e. The normalized spacial score (nSPS) is 24.0. The smallest absolute Gasteiger partial charge is 0.103 e. The number of hydrogen-bond donors (Lipinski definition) is 1. The number of piperidine rings is 1. The average molecular weight is 313 g/mol. The molecule has 1 heterocycles. The molecular weight excluding hydrogens is 292 g/mol. The van der Waals surface area contributed by atoms with Gasteiger partial charge in [0, 0.05) is 18.4 Å². The third-order valence-corrected chi connectivity index (χ3v) is 4.65. The first-order valence-corrected chi connectivity index (χ1v) is 7.67. The van der Waals surface area contributed by atoms with E-state index in [1.54, 1.807) is 4.90 Å². The van der Waals surface area contributed by atoms with E-state index in [-0.39, 0.29) is 17.8 Å². The number of rotatable bonds is 3. The quantitative estimate of drug-likeness (QED) is 0.800. The number of nitriles is 1. The Hall–Kier alpha value is -1.82. The first-order valence-electron chi connectivity index (χ1n) is 7.67. The van der Waals surface area contributed by atoms with Crippen LogP contribution in [-0.4, -0.2) is 13.1 Å². The molecule has 1 aliphatic heterocycles. The van der Waals surface area contributed by atoms with Gasteiger partial charge >= 0.3 is 0 Å². The molecular formula is C19H21ClN2. The number of likely N-dealkylation sites (tertiary alicyclic amines) is 1. The fourth-order valence-corrected chi connectivity index (χ4v) is 3.31. The Labute approximate surface area is 138 Å². The molecule has 0 amide bonds. The van der Waals surface area contributed by atoms with Crippen LogP contribution in [0.25, 0.3) is 0 Å². The van der Waals surface area contributed by atoms with Gasteiger partial charge < -0.3 is 17.3 Å². The second-order valence-corrected chi connectivity index (χ2v) is 5.97. The van der Waals surface area contributed by atoms with Crippen LogP contribution in [0, 0.1) is 11.3 Å². The third kappa shape index (κ3) is 3.50. The lowest BCUT2D eigenvalue weighted by molar-refractivity contribution is -0.919. The highest BCUT2D eigenvalue weighted by atomic mass is 35.5. The maximum Gasteiger partial charge on any atom is 0.103 e. The molecule has 0 spiro atoms. The molecule has 1 saturated heterocycles. The molecule has 0 bridgehead atoms. The van der Waals surface area contributed by atoms with E-state index in [1.807, 2.05) is 18.2 Å². The lowest BCUT2D eigenvalue weighted by Crippen LogP contribution is -3.12. The highest BCUT2D eigenvalue weighted by Gasteiger charge is 2.38. The number of nitrogens with zero attached hydrogens (tertiary/aromatic N) is 1. The van der Waals surface area contributed by atoms with Crippen molar-refractivity contribution in [2.45, 2.75) is 24.8 Å². The summed E-state index contributed by atoms with van der Waals surface area (Å²) in [5.41, 5.74) is 2.30. The predicted octanol–water partition coefficient (Wildman–Crippen LogP) is -0.669. The Balaban J connectivity index is 0.00000176. The maximum absolute atomic E-state index is 9.71. The molecule has 0 radical (unpaired) electrons. The molecule has 0 aliphatic carbocycles. The van der Waals surface area contributed by atoms with E-state index in [4.69, 9.17) is 0 Å². The van der Waals surface area contributed by atoms with Crippen LogP contribution in [0.3, 0.4) is 0 Å². The molecule has 0 saturated carbocycles. The van der Waals surface area contributed by atoms with Crippen molar-refractivity contribution in [3.8, 4) is 6.07 Å². The van der Waals surface area contributed by atoms with Crippen molar-refractivity contribution in [1.29, 1.82) is 5.26 Å². The second-order valence-electron chi connectivity index (χ2n) is 5.97. The van der Waals surface area contributed by atoms with Gasteiger partial charge in [0.25, 0.3) is 0 Å². The maximum atomic E-state index is 9.71. The molecule has 1 fully saturated rings. The summed E-state index contributed by atoms with van der Waals surface area (Å²) in [6.07, 6.45) is 1.91. The van der Waals surface area contributed by atoms with Gasteiger partial charge in [-0.2, -0.15) is 5.26 Å². The van der Waals surface area contributed by atoms with Crippen LogP contribution in [0.5, 0.6) is 0 Å². The minimum absolute atomic E-state index is 0. The van der Waals surface area contributed by atoms with Crippen molar-refractivity contribution in [3.63, 3.8) is 0 Å². The fourth-order valence-electron chi connectivity index (χ4n) is 3.31. The van der Waals surface area contributed by atoms with Gasteiger partial charge in [-0.25, -0.2) is 0 Å². The van der Waals surface area contributed by atoms with Crippen molar-refractivity contribution in [3.05, 3.63) is 71.8 Å². The molecule has 1 aliphatic rings. The number of benzene rings is 2. The van der Waals surface area contributed by atoms with Gasteiger partial charge in [-0.1, -0.05) is 60.7 Å². The highest BCUT2D eigenvalue weighted by molar-refractivity contribution is 5.32. The van der Waals surface area contributed by atoms with Gasteiger partial charge in [0.2, 0.25) is 0 Å². The molecule has 2 aromatic carbocycles. The SMILES string of the molecule is N#CC1(c2ccccc2)CC[NH+](Cc2ccccc2)CC1.[Cl-]. The standard InChI is InChI=1S/C19H20N2.ClH/c20-16-19(18-9-5-2-6-10-18)11-13-21(14-12-19)15-17-7-3-1-4-8-17;/h1-10H,11-15H2;1H. The van der Waals surface area contributed by atoms with E-state index in [1.165, 1.54) is 11.1 Å². The summed E-state index contributed by atoms with van der Waals surface area (Å²) in [4.78, 5) is 1.59. The number of hydrogen-bond acceptors (Lipinski definition) is 1. The van der Waals surface area contributed by atoms with Crippen molar-refractivity contribution < 1.29 is 17.3 Å². The van der Waals surface area contributed by atoms with E-state index in [0.717, 1.165) is 32.5 Å². The van der Waals surface area contributed by atoms with Crippen LogP contribution in [0.15, 0.2) is 60.7 Å². The molecule has 2 nitrogen and oxygen atoms in total. The summed E-state index contributed by atoms with van der Waals surface area (Å²) in [5.74, 6) is 0. The fraction of sp³-hybridized carbons (Fsp3) is 0.316. The van der Waals surface area contributed by atoms with E-state index in [2.05, 4.69) is 48.5 Å². The Morgan fingerprint density at radius 2 is 1.45 bits per heavy atom. The van der Waals surface area contributed by atoms with Crippen molar-refractivity contribution in [1.82, 2.24) is 0 Å². The number of nitrogens with one attached hydrogen (secondary N) is 1. The minimum atomic E-state index is -0.276. The average Bonchev–Trinajstić information content (AvgIpc) is 2.58. The van der Waals surface area contributed by atoms with Gasteiger partial charge in [-0.05, 0) is 5.56 Å². The van der Waals surface area contributed by atoms with Crippen LogP contribution < -0.4 is 17.3 Å². The zero-order valence-electron chi connectivity index (χ0n) is 12.6. The molecule has 114 valence electrons. The minimum Gasteiger partial charge on any atom is -1.00 e. The van der Waals surface area contributed by atoms with Crippen LogP contribution in [0.4, 0.5) is 0 Å². The summed E-state index contributed by atoms with van der Waals surface area (Å²) in [7, 11) is 0. The van der Waals surface area contributed by atoms with Gasteiger partial charge in [-0.3, -0.25) is 0 Å². The van der Waals surface area contributed by atoms with Gasteiger partial charge in [0.1, 0.15) is 6.54 Å². The first kappa shape index (κ1) is 16.5. The first-order chi connectivity index (χ1) is 10.3. The molecule has 0 atom stereocenters. The van der Waals surface area contributed by atoms with Crippen molar-refractivity contribution in [2.24, 2.45) is 0 Å². The summed E-state index contributed by atoms with van der Waals surface area (Å²) >= 11 is 0. The predicted molar refractivity (Wildman–Crippen MR) is 83.8 cm³/mol. The van der Waals surface area contributed by atoms with E-state index in [0.29, 0.717) is 0 Å². The Kier molecular flexibility index (Phi) is 5.60. The Bertz CT molecular complexity index is 611. The van der Waals surface area contributed by atoms with Crippen LogP contribution in [0.2, 0.25) is 0 Å². The van der Waals surface area contributed by atoms with Crippen LogP contribution >= 0.6 is 0 Å². The zero-order valence-corrected chi connectivity index (χ0v) is 13.4. The topological polar surface area (TPSA) is 28.2 Å². The van der Waals surface area contributed by atoms with Gasteiger partial charge in [0.15, 0.2) is 0 Å². The van der Waals surface area contributed by atoms with E-state index < -0.39 is 0 Å². The zero-order chi connectivity index (χ0) is 14.5. The van der Waals surface area contributed by atoms with Gasteiger partial charge in [-0.15, -0.1) is 0 Å². The third-order valence-electron chi connectivity index (χ3n) is 4.65. The molecule has 1 N–H and O–H groups in total. The summed E-state index contributed by atoms with van der Waals surface area (Å²) in [5, 5.41) is 9.71. The second kappa shape index (κ2) is 7.45.